The number of anilines is 1. The van der Waals surface area contributed by atoms with Gasteiger partial charge in [-0.3, -0.25) is 0 Å². The molecule has 3 aromatic carbocycles. The van der Waals surface area contributed by atoms with Gasteiger partial charge in [0, 0.05) is 15.7 Å². The second kappa shape index (κ2) is 9.88. The van der Waals surface area contributed by atoms with Gasteiger partial charge in [0.1, 0.15) is 5.75 Å². The summed E-state index contributed by atoms with van der Waals surface area (Å²) >= 11 is 3.32. The number of nitrogens with one attached hydrogen (secondary N) is 1. The first-order valence-corrected chi connectivity index (χ1v) is 12.6. The maximum absolute atomic E-state index is 13.0. The molecule has 5 nitrogen and oxygen atoms in total. The van der Waals surface area contributed by atoms with Gasteiger partial charge in [-0.05, 0) is 59.4 Å². The van der Waals surface area contributed by atoms with E-state index in [2.05, 4.69) is 25.6 Å². The molecule has 0 fully saturated rings. The molecule has 32 heavy (non-hydrogen) atoms. The highest BCUT2D eigenvalue weighted by atomic mass is 79.9. The monoisotopic (exact) mass is 514 g/mol. The number of aromatic hydroxyl groups is 1. The molecule has 7 heteroatoms. The summed E-state index contributed by atoms with van der Waals surface area (Å²) < 4.78 is 31.0. The number of sulfonamides is 1. The summed E-state index contributed by atoms with van der Waals surface area (Å²) in [6.45, 7) is 8.03. The normalized spacial score (nSPS) is 12.4. The van der Waals surface area contributed by atoms with E-state index in [4.69, 9.17) is 0 Å². The van der Waals surface area contributed by atoms with Crippen molar-refractivity contribution in [3.63, 3.8) is 0 Å². The zero-order valence-corrected chi connectivity index (χ0v) is 20.9. The number of amidine groups is 1. The lowest BCUT2D eigenvalue weighted by atomic mass is 9.93. The molecule has 0 radical (unpaired) electrons. The molecular weight excluding hydrogens is 488 g/mol. The largest absolute Gasteiger partial charge is 0.507 e. The fourth-order valence-corrected chi connectivity index (χ4v) is 4.53. The van der Waals surface area contributed by atoms with E-state index in [-0.39, 0.29) is 28.3 Å². The lowest BCUT2D eigenvalue weighted by Crippen LogP contribution is -2.17. The van der Waals surface area contributed by atoms with Gasteiger partial charge in [0.05, 0.1) is 4.90 Å². The number of hydrogen-bond donors (Lipinski definition) is 2. The smallest absolute Gasteiger partial charge is 0.284 e. The summed E-state index contributed by atoms with van der Waals surface area (Å²) in [6, 6.07) is 19.2. The highest BCUT2D eigenvalue weighted by Gasteiger charge is 2.19. The Balaban J connectivity index is 2.13. The van der Waals surface area contributed by atoms with Crippen LogP contribution in [0.3, 0.4) is 0 Å². The maximum atomic E-state index is 13.0. The van der Waals surface area contributed by atoms with Gasteiger partial charge in [-0.2, -0.15) is 8.42 Å². The lowest BCUT2D eigenvalue weighted by Gasteiger charge is -2.19. The number of phenols is 1. The highest BCUT2D eigenvalue weighted by molar-refractivity contribution is 9.10. The molecular formula is C25H27BrN2O3S. The topological polar surface area (TPSA) is 78.8 Å². The molecule has 3 rings (SSSR count). The first-order chi connectivity index (χ1) is 15.1. The third-order valence-corrected chi connectivity index (χ3v) is 6.87. The van der Waals surface area contributed by atoms with Crippen molar-refractivity contribution in [2.24, 2.45) is 4.40 Å². The predicted molar refractivity (Wildman–Crippen MR) is 134 cm³/mol. The summed E-state index contributed by atoms with van der Waals surface area (Å²) in [4.78, 5) is 0.104. The average molecular weight is 515 g/mol. The first-order valence-electron chi connectivity index (χ1n) is 10.4. The summed E-state index contributed by atoms with van der Waals surface area (Å²) in [5.41, 5.74) is 2.89. The second-order valence-electron chi connectivity index (χ2n) is 8.17. The Kier molecular flexibility index (Phi) is 7.41. The van der Waals surface area contributed by atoms with Crippen molar-refractivity contribution in [1.29, 1.82) is 0 Å². The van der Waals surface area contributed by atoms with Crippen LogP contribution >= 0.6 is 15.9 Å². The number of rotatable bonds is 6. The molecule has 0 atom stereocenters. The van der Waals surface area contributed by atoms with Crippen molar-refractivity contribution < 1.29 is 13.5 Å². The SMILES string of the molecule is CC(C)c1cc(NC(=NS(=O)(=O)c2ccc(Br)cc2)c2ccccc2)cc(C(C)C)c1O. The second-order valence-corrected chi connectivity index (χ2v) is 10.7. The summed E-state index contributed by atoms with van der Waals surface area (Å²) in [6.07, 6.45) is 0. The molecule has 0 saturated carbocycles. The van der Waals surface area contributed by atoms with Crippen LogP contribution in [0.5, 0.6) is 5.75 Å². The van der Waals surface area contributed by atoms with Crippen LogP contribution in [0.15, 0.2) is 80.5 Å². The van der Waals surface area contributed by atoms with Crippen LogP contribution in [-0.2, 0) is 10.0 Å². The van der Waals surface area contributed by atoms with Crippen molar-refractivity contribution in [1.82, 2.24) is 0 Å². The molecule has 0 heterocycles. The van der Waals surface area contributed by atoms with Gasteiger partial charge in [-0.25, -0.2) is 0 Å². The number of nitrogens with zero attached hydrogens (tertiary/aromatic N) is 1. The van der Waals surface area contributed by atoms with E-state index in [1.54, 1.807) is 24.3 Å². The van der Waals surface area contributed by atoms with Gasteiger partial charge >= 0.3 is 0 Å². The molecule has 0 spiro atoms. The third kappa shape index (κ3) is 5.58. The van der Waals surface area contributed by atoms with Crippen LogP contribution in [0.1, 0.15) is 56.2 Å². The zero-order valence-electron chi connectivity index (χ0n) is 18.5. The van der Waals surface area contributed by atoms with Crippen molar-refractivity contribution in [3.8, 4) is 5.75 Å². The van der Waals surface area contributed by atoms with E-state index in [1.807, 2.05) is 58.0 Å². The van der Waals surface area contributed by atoms with Crippen LogP contribution in [0.25, 0.3) is 0 Å². The number of halogens is 1. The van der Waals surface area contributed by atoms with Gasteiger partial charge in [0.15, 0.2) is 5.84 Å². The van der Waals surface area contributed by atoms with E-state index in [1.165, 1.54) is 12.1 Å². The molecule has 0 unspecified atom stereocenters. The van der Waals surface area contributed by atoms with Crippen LogP contribution in [0, 0.1) is 0 Å². The summed E-state index contributed by atoms with van der Waals surface area (Å²) in [5.74, 6) is 0.681. The van der Waals surface area contributed by atoms with E-state index >= 15 is 0 Å². The average Bonchev–Trinajstić information content (AvgIpc) is 2.74. The molecule has 168 valence electrons. The van der Waals surface area contributed by atoms with Gasteiger partial charge in [-0.15, -0.1) is 4.40 Å². The molecule has 0 aromatic heterocycles. The fourth-order valence-electron chi connectivity index (χ4n) is 3.29. The van der Waals surface area contributed by atoms with E-state index < -0.39 is 10.0 Å². The minimum absolute atomic E-state index is 0.0952. The molecule has 0 aliphatic carbocycles. The Morgan fingerprint density at radius 2 is 1.44 bits per heavy atom. The van der Waals surface area contributed by atoms with Crippen LogP contribution in [0.2, 0.25) is 0 Å². The fraction of sp³-hybridized carbons (Fsp3) is 0.240. The highest BCUT2D eigenvalue weighted by Crippen LogP contribution is 2.36. The first kappa shape index (κ1) is 24.0. The lowest BCUT2D eigenvalue weighted by molar-refractivity contribution is 0.454. The van der Waals surface area contributed by atoms with Crippen molar-refractivity contribution in [2.45, 2.75) is 44.4 Å². The Hall–Kier alpha value is -2.64. The Morgan fingerprint density at radius 3 is 1.94 bits per heavy atom. The Morgan fingerprint density at radius 1 is 0.906 bits per heavy atom. The van der Waals surface area contributed by atoms with Gasteiger partial charge in [-0.1, -0.05) is 74.0 Å². The third-order valence-electron chi connectivity index (χ3n) is 5.05. The molecule has 0 aliphatic rings. The van der Waals surface area contributed by atoms with Gasteiger partial charge < -0.3 is 10.4 Å². The van der Waals surface area contributed by atoms with E-state index in [0.717, 1.165) is 15.6 Å². The summed E-state index contributed by atoms with van der Waals surface area (Å²) in [7, 11) is -3.95. The molecule has 3 aromatic rings. The number of hydrogen-bond acceptors (Lipinski definition) is 3. The summed E-state index contributed by atoms with van der Waals surface area (Å²) in [5, 5.41) is 13.9. The van der Waals surface area contributed by atoms with Gasteiger partial charge in [0.2, 0.25) is 0 Å². The Labute approximate surface area is 198 Å². The Bertz CT molecular complexity index is 1190. The quantitative estimate of drug-likeness (QED) is 0.219. The number of benzene rings is 3. The van der Waals surface area contributed by atoms with Crippen molar-refractivity contribution >= 4 is 37.5 Å². The van der Waals surface area contributed by atoms with Crippen molar-refractivity contribution in [3.05, 3.63) is 87.9 Å². The molecule has 0 saturated heterocycles. The minimum atomic E-state index is -3.95. The van der Waals surface area contributed by atoms with Crippen LogP contribution < -0.4 is 5.32 Å². The zero-order chi connectivity index (χ0) is 23.5. The molecule has 0 bridgehead atoms. The molecule has 0 amide bonds. The predicted octanol–water partition coefficient (Wildman–Crippen LogP) is 6.65. The van der Waals surface area contributed by atoms with Crippen molar-refractivity contribution in [2.75, 3.05) is 5.32 Å². The number of phenolic OH excluding ortho intramolecular Hbond substituents is 1. The maximum Gasteiger partial charge on any atom is 0.284 e. The van der Waals surface area contributed by atoms with E-state index in [0.29, 0.717) is 11.3 Å². The van der Waals surface area contributed by atoms with E-state index in [9.17, 15) is 13.5 Å². The van der Waals surface area contributed by atoms with Crippen LogP contribution in [0.4, 0.5) is 5.69 Å². The standard InChI is InChI=1S/C25H27BrN2O3S/c1-16(2)22-14-20(15-23(17(3)4)24(22)29)27-25(18-8-6-5-7-9-18)28-32(30,31)21-12-10-19(26)11-13-21/h5-17,29H,1-4H3,(H,27,28). The molecule has 0 aliphatic heterocycles. The van der Waals surface area contributed by atoms with Gasteiger partial charge in [0.25, 0.3) is 10.0 Å². The van der Waals surface area contributed by atoms with Crippen LogP contribution in [-0.4, -0.2) is 19.4 Å². The molecule has 2 N–H and O–H groups in total. The minimum Gasteiger partial charge on any atom is -0.507 e.